The SMILES string of the molecule is O=C(O)c1cncc(NCCCCn2ccnc2)n1. The molecule has 19 heavy (non-hydrogen) atoms. The fourth-order valence-corrected chi connectivity index (χ4v) is 1.61. The van der Waals surface area contributed by atoms with Crippen molar-refractivity contribution in [2.24, 2.45) is 0 Å². The number of aromatic carboxylic acids is 1. The van der Waals surface area contributed by atoms with Gasteiger partial charge in [-0.05, 0) is 12.8 Å². The molecular weight excluding hydrogens is 246 g/mol. The van der Waals surface area contributed by atoms with Gasteiger partial charge in [-0.1, -0.05) is 0 Å². The van der Waals surface area contributed by atoms with E-state index < -0.39 is 5.97 Å². The fourth-order valence-electron chi connectivity index (χ4n) is 1.61. The third-order valence-electron chi connectivity index (χ3n) is 2.56. The van der Waals surface area contributed by atoms with Crippen molar-refractivity contribution in [3.63, 3.8) is 0 Å². The maximum atomic E-state index is 10.7. The lowest BCUT2D eigenvalue weighted by Crippen LogP contribution is -2.08. The number of hydrogen-bond donors (Lipinski definition) is 2. The monoisotopic (exact) mass is 261 g/mol. The number of imidazole rings is 1. The maximum absolute atomic E-state index is 10.7. The summed E-state index contributed by atoms with van der Waals surface area (Å²) in [6.07, 6.45) is 10.2. The number of rotatable bonds is 7. The molecule has 2 N–H and O–H groups in total. The normalized spacial score (nSPS) is 10.3. The highest BCUT2D eigenvalue weighted by molar-refractivity contribution is 5.85. The first-order valence-electron chi connectivity index (χ1n) is 6.00. The molecule has 0 aliphatic carbocycles. The van der Waals surface area contributed by atoms with Crippen LogP contribution in [0.4, 0.5) is 5.82 Å². The minimum Gasteiger partial charge on any atom is -0.476 e. The molecule has 2 aromatic rings. The summed E-state index contributed by atoms with van der Waals surface area (Å²) >= 11 is 0. The summed E-state index contributed by atoms with van der Waals surface area (Å²) in [5.41, 5.74) is -0.0524. The predicted molar refractivity (Wildman–Crippen MR) is 68.9 cm³/mol. The van der Waals surface area contributed by atoms with Crippen molar-refractivity contribution in [2.45, 2.75) is 19.4 Å². The Labute approximate surface area is 110 Å². The third kappa shape index (κ3) is 4.06. The third-order valence-corrected chi connectivity index (χ3v) is 2.56. The second kappa shape index (κ2) is 6.48. The second-order valence-electron chi connectivity index (χ2n) is 4.03. The van der Waals surface area contributed by atoms with E-state index in [0.29, 0.717) is 5.82 Å². The first-order chi connectivity index (χ1) is 9.25. The van der Waals surface area contributed by atoms with Crippen molar-refractivity contribution >= 4 is 11.8 Å². The Morgan fingerprint density at radius 3 is 2.95 bits per heavy atom. The van der Waals surface area contributed by atoms with Gasteiger partial charge in [0.1, 0.15) is 5.82 Å². The summed E-state index contributed by atoms with van der Waals surface area (Å²) in [6, 6.07) is 0. The molecule has 0 aliphatic heterocycles. The lowest BCUT2D eigenvalue weighted by molar-refractivity contribution is 0.0690. The van der Waals surface area contributed by atoms with E-state index in [4.69, 9.17) is 5.11 Å². The van der Waals surface area contributed by atoms with Gasteiger partial charge in [0.25, 0.3) is 0 Å². The molecule has 0 bridgehead atoms. The Balaban J connectivity index is 1.70. The summed E-state index contributed by atoms with van der Waals surface area (Å²) in [5.74, 6) is -0.584. The molecule has 0 saturated carbocycles. The molecule has 0 radical (unpaired) electrons. The number of unbranched alkanes of at least 4 members (excludes halogenated alkanes) is 1. The van der Waals surface area contributed by atoms with Crippen LogP contribution < -0.4 is 5.32 Å². The standard InChI is InChI=1S/C12H15N5O2/c18-12(19)10-7-14-8-11(16-10)15-3-1-2-5-17-6-4-13-9-17/h4,6-9H,1-3,5H2,(H,15,16)(H,18,19). The van der Waals surface area contributed by atoms with Gasteiger partial charge in [0, 0.05) is 25.5 Å². The molecule has 2 heterocycles. The number of aryl methyl sites for hydroxylation is 1. The van der Waals surface area contributed by atoms with Crippen LogP contribution in [-0.4, -0.2) is 37.1 Å². The number of carboxylic acid groups (broad SMARTS) is 1. The van der Waals surface area contributed by atoms with Crippen LogP contribution in [0.25, 0.3) is 0 Å². The number of hydrogen-bond acceptors (Lipinski definition) is 5. The van der Waals surface area contributed by atoms with Gasteiger partial charge >= 0.3 is 5.97 Å². The van der Waals surface area contributed by atoms with Gasteiger partial charge < -0.3 is 15.0 Å². The summed E-state index contributed by atoms with van der Waals surface area (Å²) < 4.78 is 2.02. The van der Waals surface area contributed by atoms with Crippen molar-refractivity contribution in [1.29, 1.82) is 0 Å². The van der Waals surface area contributed by atoms with Gasteiger partial charge in [-0.3, -0.25) is 4.98 Å². The Morgan fingerprint density at radius 2 is 2.21 bits per heavy atom. The summed E-state index contributed by atoms with van der Waals surface area (Å²) in [4.78, 5) is 22.4. The maximum Gasteiger partial charge on any atom is 0.356 e. The van der Waals surface area contributed by atoms with Crippen LogP contribution in [0.15, 0.2) is 31.1 Å². The molecule has 0 unspecified atom stereocenters. The highest BCUT2D eigenvalue weighted by Crippen LogP contribution is 2.03. The quantitative estimate of drug-likeness (QED) is 0.729. The van der Waals surface area contributed by atoms with E-state index >= 15 is 0 Å². The number of carbonyl (C=O) groups is 1. The molecular formula is C12H15N5O2. The van der Waals surface area contributed by atoms with Crippen molar-refractivity contribution in [3.05, 3.63) is 36.8 Å². The number of aromatic nitrogens is 4. The van der Waals surface area contributed by atoms with E-state index in [-0.39, 0.29) is 5.69 Å². The number of nitrogens with one attached hydrogen (secondary N) is 1. The van der Waals surface area contributed by atoms with E-state index in [1.807, 2.05) is 10.8 Å². The van der Waals surface area contributed by atoms with Crippen LogP contribution in [0.2, 0.25) is 0 Å². The molecule has 0 amide bonds. The minimum absolute atomic E-state index is 0.0524. The highest BCUT2D eigenvalue weighted by Gasteiger charge is 2.05. The summed E-state index contributed by atoms with van der Waals surface area (Å²) in [6.45, 7) is 1.65. The van der Waals surface area contributed by atoms with Crippen molar-refractivity contribution in [1.82, 2.24) is 19.5 Å². The van der Waals surface area contributed by atoms with E-state index in [0.717, 1.165) is 25.9 Å². The number of anilines is 1. The number of carboxylic acids is 1. The van der Waals surface area contributed by atoms with Crippen LogP contribution in [0.1, 0.15) is 23.3 Å². The largest absolute Gasteiger partial charge is 0.476 e. The van der Waals surface area contributed by atoms with Gasteiger partial charge in [-0.2, -0.15) is 0 Å². The first-order valence-corrected chi connectivity index (χ1v) is 6.00. The van der Waals surface area contributed by atoms with Crippen LogP contribution in [0.5, 0.6) is 0 Å². The lowest BCUT2D eigenvalue weighted by atomic mass is 10.3. The molecule has 0 aliphatic rings. The molecule has 0 aromatic carbocycles. The fraction of sp³-hybridized carbons (Fsp3) is 0.333. The molecule has 100 valence electrons. The average molecular weight is 261 g/mol. The molecule has 2 aromatic heterocycles. The topological polar surface area (TPSA) is 92.9 Å². The van der Waals surface area contributed by atoms with E-state index in [2.05, 4.69) is 20.3 Å². The van der Waals surface area contributed by atoms with Crippen molar-refractivity contribution in [3.8, 4) is 0 Å². The van der Waals surface area contributed by atoms with Gasteiger partial charge in [0.2, 0.25) is 0 Å². The van der Waals surface area contributed by atoms with Gasteiger partial charge in [-0.25, -0.2) is 14.8 Å². The highest BCUT2D eigenvalue weighted by atomic mass is 16.4. The number of nitrogens with zero attached hydrogens (tertiary/aromatic N) is 4. The molecule has 0 fully saturated rings. The second-order valence-corrected chi connectivity index (χ2v) is 4.03. The van der Waals surface area contributed by atoms with Gasteiger partial charge in [0.15, 0.2) is 5.69 Å². The van der Waals surface area contributed by atoms with E-state index in [9.17, 15) is 4.79 Å². The van der Waals surface area contributed by atoms with Crippen molar-refractivity contribution in [2.75, 3.05) is 11.9 Å². The zero-order valence-corrected chi connectivity index (χ0v) is 10.4. The Bertz CT molecular complexity index is 527. The Morgan fingerprint density at radius 1 is 1.32 bits per heavy atom. The Kier molecular flexibility index (Phi) is 4.44. The minimum atomic E-state index is -1.07. The van der Waals surface area contributed by atoms with Crippen LogP contribution in [-0.2, 0) is 6.54 Å². The molecule has 0 spiro atoms. The summed E-state index contributed by atoms with van der Waals surface area (Å²) in [5, 5.41) is 11.8. The first kappa shape index (κ1) is 13.0. The summed E-state index contributed by atoms with van der Waals surface area (Å²) in [7, 11) is 0. The molecule has 7 nitrogen and oxygen atoms in total. The van der Waals surface area contributed by atoms with E-state index in [1.54, 1.807) is 12.5 Å². The average Bonchev–Trinajstić information content (AvgIpc) is 2.92. The van der Waals surface area contributed by atoms with Crippen LogP contribution in [0, 0.1) is 0 Å². The van der Waals surface area contributed by atoms with Gasteiger partial charge in [-0.15, -0.1) is 0 Å². The molecule has 0 saturated heterocycles. The van der Waals surface area contributed by atoms with Gasteiger partial charge in [0.05, 0.1) is 18.7 Å². The zero-order valence-electron chi connectivity index (χ0n) is 10.4. The molecule has 2 rings (SSSR count). The zero-order chi connectivity index (χ0) is 13.5. The van der Waals surface area contributed by atoms with Crippen molar-refractivity contribution < 1.29 is 9.90 Å². The lowest BCUT2D eigenvalue weighted by Gasteiger charge is -2.06. The smallest absolute Gasteiger partial charge is 0.356 e. The predicted octanol–water partition coefficient (Wildman–Crippen LogP) is 1.26. The van der Waals surface area contributed by atoms with Crippen LogP contribution >= 0.6 is 0 Å². The Hall–Kier alpha value is -2.44. The molecule has 0 atom stereocenters. The van der Waals surface area contributed by atoms with Crippen LogP contribution in [0.3, 0.4) is 0 Å². The van der Waals surface area contributed by atoms with E-state index in [1.165, 1.54) is 12.4 Å². The molecule has 7 heteroatoms.